The SMILES string of the molecule is CN1CC(CNS(=O)(=O)c2ccc3c(c2)CCCC3)CC1=O. The average Bonchev–Trinajstić information content (AvgIpc) is 2.83. The molecular formula is C16H22N2O3S. The molecule has 0 bridgehead atoms. The fourth-order valence-electron chi connectivity index (χ4n) is 3.28. The minimum absolute atomic E-state index is 0.0601. The van der Waals surface area contributed by atoms with E-state index in [1.54, 1.807) is 18.0 Å². The summed E-state index contributed by atoms with van der Waals surface area (Å²) in [4.78, 5) is 13.5. The molecule has 1 unspecified atom stereocenters. The van der Waals surface area contributed by atoms with Gasteiger partial charge >= 0.3 is 0 Å². The van der Waals surface area contributed by atoms with Gasteiger partial charge in [0.15, 0.2) is 0 Å². The molecule has 5 nitrogen and oxygen atoms in total. The zero-order valence-corrected chi connectivity index (χ0v) is 13.7. The van der Waals surface area contributed by atoms with Crippen molar-refractivity contribution >= 4 is 15.9 Å². The first-order valence-corrected chi connectivity index (χ1v) is 9.29. The van der Waals surface area contributed by atoms with Gasteiger partial charge in [-0.25, -0.2) is 13.1 Å². The Kier molecular flexibility index (Phi) is 4.23. The van der Waals surface area contributed by atoms with Crippen LogP contribution < -0.4 is 4.72 Å². The number of fused-ring (bicyclic) bond motifs is 1. The van der Waals surface area contributed by atoms with Gasteiger partial charge in [0.1, 0.15) is 0 Å². The van der Waals surface area contributed by atoms with Crippen molar-refractivity contribution in [3.05, 3.63) is 29.3 Å². The fourth-order valence-corrected chi connectivity index (χ4v) is 4.45. The Morgan fingerprint density at radius 3 is 2.64 bits per heavy atom. The summed E-state index contributed by atoms with van der Waals surface area (Å²) in [5, 5.41) is 0. The number of aryl methyl sites for hydroxylation is 2. The second kappa shape index (κ2) is 6.01. The van der Waals surface area contributed by atoms with Crippen LogP contribution in [0.1, 0.15) is 30.4 Å². The van der Waals surface area contributed by atoms with Crippen molar-refractivity contribution in [3.63, 3.8) is 0 Å². The lowest BCUT2D eigenvalue weighted by atomic mass is 9.92. The topological polar surface area (TPSA) is 66.5 Å². The van der Waals surface area contributed by atoms with Crippen molar-refractivity contribution in [1.82, 2.24) is 9.62 Å². The lowest BCUT2D eigenvalue weighted by Crippen LogP contribution is -2.30. The normalized spacial score (nSPS) is 22.0. The lowest BCUT2D eigenvalue weighted by Gasteiger charge is -2.17. The zero-order chi connectivity index (χ0) is 15.7. The summed E-state index contributed by atoms with van der Waals surface area (Å²) in [6.07, 6.45) is 4.73. The van der Waals surface area contributed by atoms with Gasteiger partial charge in [0.05, 0.1) is 4.90 Å². The number of rotatable bonds is 4. The highest BCUT2D eigenvalue weighted by Crippen LogP contribution is 2.24. The Morgan fingerprint density at radius 2 is 1.95 bits per heavy atom. The van der Waals surface area contributed by atoms with Crippen molar-refractivity contribution < 1.29 is 13.2 Å². The summed E-state index contributed by atoms with van der Waals surface area (Å²) >= 11 is 0. The molecule has 0 spiro atoms. The van der Waals surface area contributed by atoms with Gasteiger partial charge in [-0.15, -0.1) is 0 Å². The van der Waals surface area contributed by atoms with Crippen LogP contribution in [0.25, 0.3) is 0 Å². The standard InChI is InChI=1S/C16H22N2O3S/c1-18-11-12(8-16(18)19)10-17-22(20,21)15-7-6-13-4-2-3-5-14(13)9-15/h6-7,9,12,17H,2-5,8,10-11H2,1H3. The molecule has 1 atom stereocenters. The third-order valence-electron chi connectivity index (χ3n) is 4.61. The first kappa shape index (κ1) is 15.5. The van der Waals surface area contributed by atoms with E-state index in [-0.39, 0.29) is 11.8 Å². The molecule has 1 amide bonds. The van der Waals surface area contributed by atoms with E-state index in [1.165, 1.54) is 12.0 Å². The number of hydrogen-bond donors (Lipinski definition) is 1. The van der Waals surface area contributed by atoms with E-state index in [2.05, 4.69) is 4.72 Å². The summed E-state index contributed by atoms with van der Waals surface area (Å²) in [6.45, 7) is 0.932. The summed E-state index contributed by atoms with van der Waals surface area (Å²) in [6, 6.07) is 5.44. The van der Waals surface area contributed by atoms with Crippen molar-refractivity contribution in [1.29, 1.82) is 0 Å². The lowest BCUT2D eigenvalue weighted by molar-refractivity contribution is -0.126. The highest BCUT2D eigenvalue weighted by molar-refractivity contribution is 7.89. The molecule has 1 fully saturated rings. The Hall–Kier alpha value is -1.40. The maximum absolute atomic E-state index is 12.4. The summed E-state index contributed by atoms with van der Waals surface area (Å²) in [5.41, 5.74) is 2.43. The fraction of sp³-hybridized carbons (Fsp3) is 0.562. The number of hydrogen-bond acceptors (Lipinski definition) is 3. The average molecular weight is 322 g/mol. The van der Waals surface area contributed by atoms with Gasteiger partial charge in [-0.3, -0.25) is 4.79 Å². The molecule has 3 rings (SSSR count). The van der Waals surface area contributed by atoms with Crippen molar-refractivity contribution in [3.8, 4) is 0 Å². The number of carbonyl (C=O) groups excluding carboxylic acids is 1. The number of carbonyl (C=O) groups is 1. The highest BCUT2D eigenvalue weighted by Gasteiger charge is 2.28. The van der Waals surface area contributed by atoms with Crippen LogP contribution in [-0.2, 0) is 27.7 Å². The van der Waals surface area contributed by atoms with Crippen molar-refractivity contribution in [2.45, 2.75) is 37.0 Å². The molecular weight excluding hydrogens is 300 g/mol. The second-order valence-electron chi connectivity index (χ2n) is 6.33. The number of amides is 1. The van der Waals surface area contributed by atoms with Crippen molar-refractivity contribution in [2.75, 3.05) is 20.1 Å². The smallest absolute Gasteiger partial charge is 0.240 e. The maximum Gasteiger partial charge on any atom is 0.240 e. The number of likely N-dealkylation sites (tertiary alicyclic amines) is 1. The van der Waals surface area contributed by atoms with Gasteiger partial charge in [0.25, 0.3) is 0 Å². The van der Waals surface area contributed by atoms with E-state index in [1.807, 2.05) is 12.1 Å². The molecule has 0 saturated carbocycles. The Bertz CT molecular complexity index is 685. The number of nitrogens with zero attached hydrogens (tertiary/aromatic N) is 1. The van der Waals surface area contributed by atoms with Gasteiger partial charge in [0, 0.05) is 26.6 Å². The number of sulfonamides is 1. The van der Waals surface area contributed by atoms with Crippen LogP contribution in [0.3, 0.4) is 0 Å². The van der Waals surface area contributed by atoms with Gasteiger partial charge in [-0.2, -0.15) is 0 Å². The van der Waals surface area contributed by atoms with E-state index in [0.29, 0.717) is 24.4 Å². The van der Waals surface area contributed by atoms with Crippen LogP contribution in [0.15, 0.2) is 23.1 Å². The third kappa shape index (κ3) is 3.17. The predicted molar refractivity (Wildman–Crippen MR) is 84.0 cm³/mol. The molecule has 2 aliphatic rings. The molecule has 6 heteroatoms. The van der Waals surface area contributed by atoms with Crippen LogP contribution in [0.5, 0.6) is 0 Å². The van der Waals surface area contributed by atoms with Crippen molar-refractivity contribution in [2.24, 2.45) is 5.92 Å². The van der Waals surface area contributed by atoms with Crippen LogP contribution in [0.4, 0.5) is 0 Å². The van der Waals surface area contributed by atoms with Gasteiger partial charge in [-0.05, 0) is 54.9 Å². The molecule has 1 heterocycles. The minimum Gasteiger partial charge on any atom is -0.345 e. The van der Waals surface area contributed by atoms with E-state index in [0.717, 1.165) is 24.8 Å². The predicted octanol–water partition coefficient (Wildman–Crippen LogP) is 1.32. The largest absolute Gasteiger partial charge is 0.345 e. The molecule has 22 heavy (non-hydrogen) atoms. The molecule has 0 aromatic heterocycles. The minimum atomic E-state index is -3.50. The zero-order valence-electron chi connectivity index (χ0n) is 12.8. The Morgan fingerprint density at radius 1 is 1.23 bits per heavy atom. The molecule has 120 valence electrons. The summed E-state index contributed by atoms with van der Waals surface area (Å²) in [5.74, 6) is 0.142. The Labute approximate surface area is 131 Å². The molecule has 0 radical (unpaired) electrons. The van der Waals surface area contributed by atoms with E-state index < -0.39 is 10.0 Å². The Balaban J connectivity index is 1.69. The second-order valence-corrected chi connectivity index (χ2v) is 8.10. The molecule has 1 saturated heterocycles. The van der Waals surface area contributed by atoms with Crippen LogP contribution in [0, 0.1) is 5.92 Å². The summed E-state index contributed by atoms with van der Waals surface area (Å²) < 4.78 is 27.5. The molecule has 1 N–H and O–H groups in total. The van der Waals surface area contributed by atoms with E-state index in [4.69, 9.17) is 0 Å². The van der Waals surface area contributed by atoms with E-state index >= 15 is 0 Å². The van der Waals surface area contributed by atoms with E-state index in [9.17, 15) is 13.2 Å². The highest BCUT2D eigenvalue weighted by atomic mass is 32.2. The van der Waals surface area contributed by atoms with Gasteiger partial charge < -0.3 is 4.90 Å². The molecule has 1 aliphatic carbocycles. The van der Waals surface area contributed by atoms with Crippen LogP contribution in [-0.4, -0.2) is 39.4 Å². The first-order chi connectivity index (χ1) is 10.5. The third-order valence-corrected chi connectivity index (χ3v) is 6.03. The first-order valence-electron chi connectivity index (χ1n) is 7.81. The number of benzene rings is 1. The molecule has 1 aromatic carbocycles. The summed E-state index contributed by atoms with van der Waals surface area (Å²) in [7, 11) is -1.75. The van der Waals surface area contributed by atoms with Gasteiger partial charge in [0.2, 0.25) is 15.9 Å². The molecule has 1 aromatic rings. The molecule has 1 aliphatic heterocycles. The van der Waals surface area contributed by atoms with Crippen LogP contribution >= 0.6 is 0 Å². The van der Waals surface area contributed by atoms with Gasteiger partial charge in [-0.1, -0.05) is 6.07 Å². The monoisotopic (exact) mass is 322 g/mol. The van der Waals surface area contributed by atoms with Crippen LogP contribution in [0.2, 0.25) is 0 Å². The maximum atomic E-state index is 12.4. The quantitative estimate of drug-likeness (QED) is 0.909. The number of nitrogens with one attached hydrogen (secondary N) is 1.